The summed E-state index contributed by atoms with van der Waals surface area (Å²) in [4.78, 5) is 0. The van der Waals surface area contributed by atoms with Crippen LogP contribution < -0.4 is 10.5 Å². The number of benzene rings is 2. The van der Waals surface area contributed by atoms with E-state index in [1.165, 1.54) is 5.56 Å². The second-order valence-electron chi connectivity index (χ2n) is 5.31. The zero-order valence-corrected chi connectivity index (χ0v) is 13.3. The summed E-state index contributed by atoms with van der Waals surface area (Å²) in [5, 5.41) is 0.683. The summed E-state index contributed by atoms with van der Waals surface area (Å²) in [6.07, 6.45) is 1.97. The standard InChI is InChI=1S/C18H22ClNO/c1-3-6-14-9-11-15(12-10-14)21-18(13(2)20)16-7-4-5-8-17(16)19/h4-5,7-13,18H,3,6,20H2,1-2H3. The first-order valence-corrected chi connectivity index (χ1v) is 7.75. The van der Waals surface area contributed by atoms with Gasteiger partial charge in [0.25, 0.3) is 0 Å². The van der Waals surface area contributed by atoms with E-state index < -0.39 is 0 Å². The molecule has 21 heavy (non-hydrogen) atoms. The first-order chi connectivity index (χ1) is 10.1. The minimum Gasteiger partial charge on any atom is -0.484 e. The van der Waals surface area contributed by atoms with Crippen LogP contribution in [0.25, 0.3) is 0 Å². The van der Waals surface area contributed by atoms with Crippen LogP contribution in [0.1, 0.15) is 37.5 Å². The topological polar surface area (TPSA) is 35.2 Å². The van der Waals surface area contributed by atoms with E-state index in [0.717, 1.165) is 24.2 Å². The first-order valence-electron chi connectivity index (χ1n) is 7.37. The van der Waals surface area contributed by atoms with Crippen molar-refractivity contribution in [1.82, 2.24) is 0 Å². The Morgan fingerprint density at radius 1 is 1.10 bits per heavy atom. The van der Waals surface area contributed by atoms with Crippen molar-refractivity contribution in [3.8, 4) is 5.75 Å². The van der Waals surface area contributed by atoms with Gasteiger partial charge in [-0.25, -0.2) is 0 Å². The minimum absolute atomic E-state index is 0.153. The van der Waals surface area contributed by atoms with Gasteiger partial charge >= 0.3 is 0 Å². The first kappa shape index (κ1) is 15.9. The number of rotatable bonds is 6. The lowest BCUT2D eigenvalue weighted by Gasteiger charge is -2.24. The van der Waals surface area contributed by atoms with Gasteiger partial charge in [-0.2, -0.15) is 0 Å². The van der Waals surface area contributed by atoms with E-state index in [1.54, 1.807) is 0 Å². The molecule has 0 aliphatic carbocycles. The van der Waals surface area contributed by atoms with Gasteiger partial charge < -0.3 is 10.5 Å². The fourth-order valence-corrected chi connectivity index (χ4v) is 2.57. The summed E-state index contributed by atoms with van der Waals surface area (Å²) in [6.45, 7) is 4.10. The number of ether oxygens (including phenoxy) is 1. The monoisotopic (exact) mass is 303 g/mol. The summed E-state index contributed by atoms with van der Waals surface area (Å²) < 4.78 is 6.07. The predicted octanol–water partition coefficient (Wildman–Crippen LogP) is 4.76. The highest BCUT2D eigenvalue weighted by Gasteiger charge is 2.20. The summed E-state index contributed by atoms with van der Waals surface area (Å²) >= 11 is 6.26. The maximum atomic E-state index is 6.26. The number of aryl methyl sites for hydroxylation is 1. The fourth-order valence-electron chi connectivity index (χ4n) is 2.33. The average Bonchev–Trinajstić information content (AvgIpc) is 2.47. The second-order valence-corrected chi connectivity index (χ2v) is 5.72. The van der Waals surface area contributed by atoms with Crippen LogP contribution >= 0.6 is 11.6 Å². The normalized spacial score (nSPS) is 13.7. The Labute approximate surface area is 131 Å². The molecule has 0 saturated carbocycles. The average molecular weight is 304 g/mol. The zero-order valence-electron chi connectivity index (χ0n) is 12.6. The molecule has 2 unspecified atom stereocenters. The molecule has 0 amide bonds. The van der Waals surface area contributed by atoms with Crippen LogP contribution in [-0.4, -0.2) is 6.04 Å². The third-order valence-corrected chi connectivity index (χ3v) is 3.76. The van der Waals surface area contributed by atoms with Crippen molar-refractivity contribution in [2.45, 2.75) is 38.8 Å². The minimum atomic E-state index is -0.254. The van der Waals surface area contributed by atoms with Crippen LogP contribution in [0.15, 0.2) is 48.5 Å². The van der Waals surface area contributed by atoms with E-state index in [-0.39, 0.29) is 12.1 Å². The van der Waals surface area contributed by atoms with E-state index in [1.807, 2.05) is 43.3 Å². The zero-order chi connectivity index (χ0) is 15.2. The lowest BCUT2D eigenvalue weighted by Crippen LogP contribution is -2.29. The van der Waals surface area contributed by atoms with Gasteiger partial charge in [0, 0.05) is 16.6 Å². The van der Waals surface area contributed by atoms with Crippen molar-refractivity contribution in [1.29, 1.82) is 0 Å². The highest BCUT2D eigenvalue weighted by atomic mass is 35.5. The smallest absolute Gasteiger partial charge is 0.140 e. The van der Waals surface area contributed by atoms with E-state index in [2.05, 4.69) is 19.1 Å². The molecule has 2 aromatic rings. The molecule has 2 nitrogen and oxygen atoms in total. The molecule has 112 valence electrons. The molecular formula is C18H22ClNO. The maximum absolute atomic E-state index is 6.26. The third kappa shape index (κ3) is 4.23. The molecule has 2 atom stereocenters. The molecule has 0 fully saturated rings. The summed E-state index contributed by atoms with van der Waals surface area (Å²) in [7, 11) is 0. The van der Waals surface area contributed by atoms with Crippen LogP contribution in [0.3, 0.4) is 0 Å². The molecule has 3 heteroatoms. The fraction of sp³-hybridized carbons (Fsp3) is 0.333. The van der Waals surface area contributed by atoms with Crippen LogP contribution in [0.2, 0.25) is 5.02 Å². The Hall–Kier alpha value is -1.51. The highest BCUT2D eigenvalue weighted by Crippen LogP contribution is 2.29. The van der Waals surface area contributed by atoms with E-state index in [9.17, 15) is 0 Å². The Kier molecular flexibility index (Phi) is 5.66. The van der Waals surface area contributed by atoms with Gasteiger partial charge in [-0.15, -0.1) is 0 Å². The van der Waals surface area contributed by atoms with Crippen molar-refractivity contribution in [3.05, 3.63) is 64.7 Å². The van der Waals surface area contributed by atoms with Gasteiger partial charge in [0.1, 0.15) is 11.9 Å². The van der Waals surface area contributed by atoms with Gasteiger partial charge in [0.15, 0.2) is 0 Å². The molecule has 0 aromatic heterocycles. The largest absolute Gasteiger partial charge is 0.484 e. The maximum Gasteiger partial charge on any atom is 0.140 e. The molecule has 0 radical (unpaired) electrons. The number of hydrogen-bond acceptors (Lipinski definition) is 2. The van der Waals surface area contributed by atoms with Crippen LogP contribution in [-0.2, 0) is 6.42 Å². The van der Waals surface area contributed by atoms with Crippen LogP contribution in [0, 0.1) is 0 Å². The van der Waals surface area contributed by atoms with Gasteiger partial charge in [0.2, 0.25) is 0 Å². The molecule has 0 heterocycles. The molecular weight excluding hydrogens is 282 g/mol. The van der Waals surface area contributed by atoms with E-state index in [4.69, 9.17) is 22.1 Å². The SMILES string of the molecule is CCCc1ccc(OC(c2ccccc2Cl)C(C)N)cc1. The van der Waals surface area contributed by atoms with Crippen molar-refractivity contribution in [3.63, 3.8) is 0 Å². The van der Waals surface area contributed by atoms with Crippen molar-refractivity contribution in [2.75, 3.05) is 0 Å². The molecule has 0 aliphatic rings. The predicted molar refractivity (Wildman–Crippen MR) is 88.9 cm³/mol. The highest BCUT2D eigenvalue weighted by molar-refractivity contribution is 6.31. The molecule has 0 saturated heterocycles. The Balaban J connectivity index is 2.19. The second kappa shape index (κ2) is 7.48. The summed E-state index contributed by atoms with van der Waals surface area (Å²) in [6, 6.07) is 15.7. The molecule has 0 bridgehead atoms. The quantitative estimate of drug-likeness (QED) is 0.835. The molecule has 0 aliphatic heterocycles. The van der Waals surface area contributed by atoms with Crippen LogP contribution in [0.5, 0.6) is 5.75 Å². The van der Waals surface area contributed by atoms with E-state index in [0.29, 0.717) is 5.02 Å². The number of halogens is 1. The molecule has 2 rings (SSSR count). The summed E-state index contributed by atoms with van der Waals surface area (Å²) in [5.41, 5.74) is 8.32. The van der Waals surface area contributed by atoms with Gasteiger partial charge in [-0.1, -0.05) is 55.3 Å². The number of hydrogen-bond donors (Lipinski definition) is 1. The Bertz CT molecular complexity index is 566. The van der Waals surface area contributed by atoms with Crippen LogP contribution in [0.4, 0.5) is 0 Å². The van der Waals surface area contributed by atoms with Gasteiger partial charge in [-0.3, -0.25) is 0 Å². The lowest BCUT2D eigenvalue weighted by atomic mass is 10.0. The molecule has 2 N–H and O–H groups in total. The van der Waals surface area contributed by atoms with Crippen molar-refractivity contribution < 1.29 is 4.74 Å². The molecule has 0 spiro atoms. The molecule has 2 aromatic carbocycles. The Morgan fingerprint density at radius 2 is 1.76 bits per heavy atom. The number of nitrogens with two attached hydrogens (primary N) is 1. The summed E-state index contributed by atoms with van der Waals surface area (Å²) in [5.74, 6) is 0.817. The van der Waals surface area contributed by atoms with Crippen molar-refractivity contribution >= 4 is 11.6 Å². The van der Waals surface area contributed by atoms with Gasteiger partial charge in [-0.05, 0) is 37.1 Å². The van der Waals surface area contributed by atoms with Gasteiger partial charge in [0.05, 0.1) is 0 Å². The lowest BCUT2D eigenvalue weighted by molar-refractivity contribution is 0.180. The van der Waals surface area contributed by atoms with Crippen molar-refractivity contribution in [2.24, 2.45) is 5.73 Å². The Morgan fingerprint density at radius 3 is 2.33 bits per heavy atom. The van der Waals surface area contributed by atoms with E-state index >= 15 is 0 Å². The third-order valence-electron chi connectivity index (χ3n) is 3.41.